The molecule has 0 amide bonds. The van der Waals surface area contributed by atoms with E-state index in [1.807, 2.05) is 10.6 Å². The maximum absolute atomic E-state index is 9.07. The standard InChI is InChI=1S/C14H21N3O/c1-11(2)8-15-9-12-10-17(6-7-18)14-13(12)4-3-5-16-14/h3-5,10-11,15,18H,6-9H2,1-2H3. The van der Waals surface area contributed by atoms with Crippen LogP contribution in [0.5, 0.6) is 0 Å². The van der Waals surface area contributed by atoms with E-state index in [0.29, 0.717) is 12.5 Å². The van der Waals surface area contributed by atoms with Gasteiger partial charge in [-0.25, -0.2) is 4.98 Å². The number of aliphatic hydroxyl groups excluding tert-OH is 1. The Morgan fingerprint density at radius 1 is 1.44 bits per heavy atom. The van der Waals surface area contributed by atoms with E-state index in [-0.39, 0.29) is 6.61 Å². The molecular formula is C14H21N3O. The van der Waals surface area contributed by atoms with Crippen LogP contribution in [0, 0.1) is 5.92 Å². The fourth-order valence-corrected chi connectivity index (χ4v) is 2.11. The van der Waals surface area contributed by atoms with Crippen LogP contribution < -0.4 is 5.32 Å². The van der Waals surface area contributed by atoms with Crippen molar-refractivity contribution < 1.29 is 5.11 Å². The lowest BCUT2D eigenvalue weighted by atomic mass is 10.2. The van der Waals surface area contributed by atoms with E-state index < -0.39 is 0 Å². The molecule has 18 heavy (non-hydrogen) atoms. The molecule has 0 unspecified atom stereocenters. The molecule has 0 radical (unpaired) electrons. The van der Waals surface area contributed by atoms with E-state index in [1.165, 1.54) is 10.9 Å². The number of aliphatic hydroxyl groups is 1. The van der Waals surface area contributed by atoms with Gasteiger partial charge in [0.25, 0.3) is 0 Å². The van der Waals surface area contributed by atoms with Crippen LogP contribution in [0.4, 0.5) is 0 Å². The van der Waals surface area contributed by atoms with Crippen molar-refractivity contribution in [3.8, 4) is 0 Å². The van der Waals surface area contributed by atoms with Crippen LogP contribution >= 0.6 is 0 Å². The summed E-state index contributed by atoms with van der Waals surface area (Å²) in [6, 6.07) is 4.04. The fraction of sp³-hybridized carbons (Fsp3) is 0.500. The number of fused-ring (bicyclic) bond motifs is 1. The summed E-state index contributed by atoms with van der Waals surface area (Å²) in [6.07, 6.45) is 3.88. The monoisotopic (exact) mass is 247 g/mol. The van der Waals surface area contributed by atoms with E-state index in [2.05, 4.69) is 36.4 Å². The van der Waals surface area contributed by atoms with Crippen LogP contribution in [0.3, 0.4) is 0 Å². The molecule has 98 valence electrons. The van der Waals surface area contributed by atoms with Gasteiger partial charge in [0.2, 0.25) is 0 Å². The van der Waals surface area contributed by atoms with Crippen molar-refractivity contribution in [1.29, 1.82) is 0 Å². The summed E-state index contributed by atoms with van der Waals surface area (Å²) < 4.78 is 2.02. The average molecular weight is 247 g/mol. The summed E-state index contributed by atoms with van der Waals surface area (Å²) in [4.78, 5) is 4.39. The molecular weight excluding hydrogens is 226 g/mol. The van der Waals surface area contributed by atoms with Crippen LogP contribution in [0.25, 0.3) is 11.0 Å². The normalized spacial score (nSPS) is 11.6. The SMILES string of the molecule is CC(C)CNCc1cn(CCO)c2ncccc12. The quantitative estimate of drug-likeness (QED) is 0.818. The average Bonchev–Trinajstić information content (AvgIpc) is 2.69. The van der Waals surface area contributed by atoms with Gasteiger partial charge in [-0.1, -0.05) is 13.8 Å². The molecule has 0 bridgehead atoms. The Balaban J connectivity index is 2.21. The molecule has 4 heteroatoms. The lowest BCUT2D eigenvalue weighted by Crippen LogP contribution is -2.18. The van der Waals surface area contributed by atoms with Crippen molar-refractivity contribution in [2.75, 3.05) is 13.2 Å². The third-order valence-electron chi connectivity index (χ3n) is 2.93. The van der Waals surface area contributed by atoms with Gasteiger partial charge >= 0.3 is 0 Å². The van der Waals surface area contributed by atoms with Gasteiger partial charge in [0.1, 0.15) is 5.65 Å². The minimum absolute atomic E-state index is 0.138. The number of aromatic nitrogens is 2. The van der Waals surface area contributed by atoms with Crippen molar-refractivity contribution in [2.24, 2.45) is 5.92 Å². The lowest BCUT2D eigenvalue weighted by molar-refractivity contribution is 0.277. The Labute approximate surface area is 108 Å². The zero-order valence-corrected chi connectivity index (χ0v) is 11.1. The van der Waals surface area contributed by atoms with E-state index in [4.69, 9.17) is 5.11 Å². The van der Waals surface area contributed by atoms with Crippen LogP contribution in [0.15, 0.2) is 24.5 Å². The first kappa shape index (κ1) is 13.1. The second-order valence-electron chi connectivity index (χ2n) is 4.97. The smallest absolute Gasteiger partial charge is 0.140 e. The lowest BCUT2D eigenvalue weighted by Gasteiger charge is -2.06. The van der Waals surface area contributed by atoms with Crippen LogP contribution in [0.1, 0.15) is 19.4 Å². The maximum atomic E-state index is 9.07. The van der Waals surface area contributed by atoms with Gasteiger partial charge in [0.15, 0.2) is 0 Å². The van der Waals surface area contributed by atoms with Crippen molar-refractivity contribution in [1.82, 2.24) is 14.9 Å². The molecule has 0 spiro atoms. The van der Waals surface area contributed by atoms with Gasteiger partial charge in [-0.15, -0.1) is 0 Å². The highest BCUT2D eigenvalue weighted by Gasteiger charge is 2.08. The number of nitrogens with zero attached hydrogens (tertiary/aromatic N) is 2. The number of nitrogens with one attached hydrogen (secondary N) is 1. The number of hydrogen-bond acceptors (Lipinski definition) is 3. The molecule has 2 N–H and O–H groups in total. The molecule has 0 aliphatic rings. The molecule has 2 aromatic heterocycles. The zero-order chi connectivity index (χ0) is 13.0. The van der Waals surface area contributed by atoms with Crippen LogP contribution in [-0.2, 0) is 13.1 Å². The molecule has 0 aliphatic heterocycles. The third-order valence-corrected chi connectivity index (χ3v) is 2.93. The highest BCUT2D eigenvalue weighted by atomic mass is 16.3. The Hall–Kier alpha value is -1.39. The second-order valence-corrected chi connectivity index (χ2v) is 4.97. The maximum Gasteiger partial charge on any atom is 0.140 e. The molecule has 2 aromatic rings. The molecule has 0 atom stereocenters. The summed E-state index contributed by atoms with van der Waals surface area (Å²) >= 11 is 0. The van der Waals surface area contributed by atoms with Gasteiger partial charge in [0, 0.05) is 30.9 Å². The van der Waals surface area contributed by atoms with E-state index >= 15 is 0 Å². The van der Waals surface area contributed by atoms with Crippen LogP contribution in [0.2, 0.25) is 0 Å². The van der Waals surface area contributed by atoms with E-state index in [9.17, 15) is 0 Å². The molecule has 4 nitrogen and oxygen atoms in total. The third kappa shape index (κ3) is 2.89. The van der Waals surface area contributed by atoms with Crippen molar-refractivity contribution in [2.45, 2.75) is 26.9 Å². The first-order valence-corrected chi connectivity index (χ1v) is 6.46. The Morgan fingerprint density at radius 2 is 2.28 bits per heavy atom. The van der Waals surface area contributed by atoms with Gasteiger partial charge < -0.3 is 15.0 Å². The minimum Gasteiger partial charge on any atom is -0.395 e. The number of pyridine rings is 1. The molecule has 2 heterocycles. The highest BCUT2D eigenvalue weighted by Crippen LogP contribution is 2.19. The first-order chi connectivity index (χ1) is 8.72. The molecule has 0 saturated carbocycles. The summed E-state index contributed by atoms with van der Waals surface area (Å²) in [6.45, 7) is 6.98. The van der Waals surface area contributed by atoms with Crippen molar-refractivity contribution >= 4 is 11.0 Å². The van der Waals surface area contributed by atoms with Gasteiger partial charge in [0.05, 0.1) is 6.61 Å². The largest absolute Gasteiger partial charge is 0.395 e. The van der Waals surface area contributed by atoms with Crippen LogP contribution in [-0.4, -0.2) is 27.8 Å². The molecule has 0 fully saturated rings. The summed E-state index contributed by atoms with van der Waals surface area (Å²) in [5, 5.41) is 13.7. The Kier molecular flexibility index (Phi) is 4.33. The fourth-order valence-electron chi connectivity index (χ4n) is 2.11. The van der Waals surface area contributed by atoms with Gasteiger partial charge in [-0.3, -0.25) is 0 Å². The van der Waals surface area contributed by atoms with Crippen molar-refractivity contribution in [3.05, 3.63) is 30.1 Å². The minimum atomic E-state index is 0.138. The summed E-state index contributed by atoms with van der Waals surface area (Å²) in [5.74, 6) is 0.647. The molecule has 0 aliphatic carbocycles. The number of rotatable bonds is 6. The topological polar surface area (TPSA) is 50.1 Å². The predicted molar refractivity (Wildman–Crippen MR) is 73.4 cm³/mol. The molecule has 0 aromatic carbocycles. The summed E-state index contributed by atoms with van der Waals surface area (Å²) in [7, 11) is 0. The second kappa shape index (κ2) is 5.98. The Morgan fingerprint density at radius 3 is 3.00 bits per heavy atom. The van der Waals surface area contributed by atoms with E-state index in [0.717, 1.165) is 18.7 Å². The Bertz CT molecular complexity index is 505. The van der Waals surface area contributed by atoms with E-state index in [1.54, 1.807) is 6.20 Å². The first-order valence-electron chi connectivity index (χ1n) is 6.46. The highest BCUT2D eigenvalue weighted by molar-refractivity contribution is 5.80. The van der Waals surface area contributed by atoms with Gasteiger partial charge in [-0.05, 0) is 30.2 Å². The summed E-state index contributed by atoms with van der Waals surface area (Å²) in [5.41, 5.74) is 2.19. The van der Waals surface area contributed by atoms with Gasteiger partial charge in [-0.2, -0.15) is 0 Å². The molecule has 2 rings (SSSR count). The zero-order valence-electron chi connectivity index (χ0n) is 11.1. The molecule has 0 saturated heterocycles. The number of hydrogen-bond donors (Lipinski definition) is 2. The van der Waals surface area contributed by atoms with Crippen molar-refractivity contribution in [3.63, 3.8) is 0 Å². The predicted octanol–water partition coefficient (Wildman–Crippen LogP) is 1.77.